The molecule has 0 saturated heterocycles. The molecule has 1 aromatic rings. The van der Waals surface area contributed by atoms with Crippen LogP contribution in [-0.4, -0.2) is 20.3 Å². The van der Waals surface area contributed by atoms with Gasteiger partial charge in [-0.1, -0.05) is 24.3 Å². The Kier molecular flexibility index (Phi) is 7.48. The zero-order valence-electron chi connectivity index (χ0n) is 8.75. The predicted octanol–water partition coefficient (Wildman–Crippen LogP) is 2.15. The molecule has 0 unspecified atom stereocenters. The van der Waals surface area contributed by atoms with Crippen LogP contribution in [0.5, 0.6) is 0 Å². The van der Waals surface area contributed by atoms with E-state index in [0.717, 1.165) is 19.7 Å². The third-order valence-corrected chi connectivity index (χ3v) is 2.06. The lowest BCUT2D eigenvalue weighted by molar-refractivity contribution is 0.199. The minimum atomic E-state index is 0. The van der Waals surface area contributed by atoms with Crippen LogP contribution in [0.2, 0.25) is 0 Å². The highest BCUT2D eigenvalue weighted by molar-refractivity contribution is 5.85. The van der Waals surface area contributed by atoms with Crippen LogP contribution in [0.1, 0.15) is 11.1 Å². The van der Waals surface area contributed by atoms with Crippen LogP contribution < -0.4 is 5.32 Å². The lowest BCUT2D eigenvalue weighted by Gasteiger charge is -2.06. The highest BCUT2D eigenvalue weighted by atomic mass is 35.5. The van der Waals surface area contributed by atoms with Crippen LogP contribution >= 0.6 is 12.4 Å². The quantitative estimate of drug-likeness (QED) is 0.761. The number of rotatable bonds is 5. The van der Waals surface area contributed by atoms with Crippen molar-refractivity contribution in [1.82, 2.24) is 5.32 Å². The van der Waals surface area contributed by atoms with Gasteiger partial charge in [-0.3, -0.25) is 0 Å². The fourth-order valence-corrected chi connectivity index (χ4v) is 1.21. The summed E-state index contributed by atoms with van der Waals surface area (Å²) in [6.45, 7) is 4.74. The molecule has 0 aliphatic carbocycles. The van der Waals surface area contributed by atoms with E-state index >= 15 is 0 Å². The fraction of sp³-hybridized carbons (Fsp3) is 0.455. The Morgan fingerprint density at radius 3 is 2.64 bits per heavy atom. The number of aryl methyl sites for hydroxylation is 1. The summed E-state index contributed by atoms with van der Waals surface area (Å²) in [6, 6.07) is 8.41. The molecule has 2 nitrogen and oxygen atoms in total. The van der Waals surface area contributed by atoms with E-state index in [0.29, 0.717) is 0 Å². The van der Waals surface area contributed by atoms with E-state index in [4.69, 9.17) is 4.74 Å². The van der Waals surface area contributed by atoms with Crippen molar-refractivity contribution in [2.45, 2.75) is 13.5 Å². The molecule has 1 aromatic carbocycles. The molecule has 0 aliphatic rings. The van der Waals surface area contributed by atoms with Crippen LogP contribution in [0.25, 0.3) is 0 Å². The van der Waals surface area contributed by atoms with E-state index in [-0.39, 0.29) is 12.4 Å². The maximum Gasteiger partial charge on any atom is 0.0587 e. The van der Waals surface area contributed by atoms with Crippen LogP contribution in [0.3, 0.4) is 0 Å². The standard InChI is InChI=1S/C11H17NO.ClH/c1-10-5-3-4-6-11(10)9-12-7-8-13-2;/h3-6,12H,7-9H2,1-2H3;1H. The molecule has 0 saturated carbocycles. The summed E-state index contributed by atoms with van der Waals surface area (Å²) < 4.78 is 4.95. The highest BCUT2D eigenvalue weighted by Crippen LogP contribution is 2.05. The van der Waals surface area contributed by atoms with Crippen molar-refractivity contribution in [2.75, 3.05) is 20.3 Å². The molecule has 0 amide bonds. The number of halogens is 1. The molecular formula is C11H18ClNO. The summed E-state index contributed by atoms with van der Waals surface area (Å²) in [7, 11) is 1.72. The normalized spacial score (nSPS) is 9.57. The van der Waals surface area contributed by atoms with Gasteiger partial charge in [0.1, 0.15) is 0 Å². The lowest BCUT2D eigenvalue weighted by Crippen LogP contribution is -2.18. The van der Waals surface area contributed by atoms with Crippen LogP contribution in [0.15, 0.2) is 24.3 Å². The Labute approximate surface area is 92.1 Å². The summed E-state index contributed by atoms with van der Waals surface area (Å²) in [5, 5.41) is 3.32. The van der Waals surface area contributed by atoms with Crippen molar-refractivity contribution in [3.63, 3.8) is 0 Å². The largest absolute Gasteiger partial charge is 0.383 e. The van der Waals surface area contributed by atoms with Gasteiger partial charge in [0.05, 0.1) is 6.61 Å². The van der Waals surface area contributed by atoms with Gasteiger partial charge < -0.3 is 10.1 Å². The molecule has 0 atom stereocenters. The van der Waals surface area contributed by atoms with E-state index < -0.39 is 0 Å². The Hall–Kier alpha value is -0.570. The summed E-state index contributed by atoms with van der Waals surface area (Å²) in [6.07, 6.45) is 0. The number of ether oxygens (including phenoxy) is 1. The molecule has 1 N–H and O–H groups in total. The van der Waals surface area contributed by atoms with E-state index in [1.54, 1.807) is 7.11 Å². The monoisotopic (exact) mass is 215 g/mol. The number of benzene rings is 1. The highest BCUT2D eigenvalue weighted by Gasteiger charge is 1.94. The SMILES string of the molecule is COCCNCc1ccccc1C.Cl. The topological polar surface area (TPSA) is 21.3 Å². The molecule has 0 aromatic heterocycles. The van der Waals surface area contributed by atoms with Gasteiger partial charge >= 0.3 is 0 Å². The Bertz CT molecular complexity index is 253. The molecule has 0 heterocycles. The molecule has 0 bridgehead atoms. The molecule has 0 fully saturated rings. The van der Waals surface area contributed by atoms with E-state index in [1.807, 2.05) is 0 Å². The molecule has 14 heavy (non-hydrogen) atoms. The predicted molar refractivity (Wildman–Crippen MR) is 62.0 cm³/mol. The molecule has 0 spiro atoms. The van der Waals surface area contributed by atoms with Crippen LogP contribution in [0, 0.1) is 6.92 Å². The van der Waals surface area contributed by atoms with Crippen LogP contribution in [0.4, 0.5) is 0 Å². The number of methoxy groups -OCH3 is 1. The second-order valence-corrected chi connectivity index (χ2v) is 3.10. The summed E-state index contributed by atoms with van der Waals surface area (Å²) in [5.74, 6) is 0. The Morgan fingerprint density at radius 2 is 2.00 bits per heavy atom. The summed E-state index contributed by atoms with van der Waals surface area (Å²) in [4.78, 5) is 0. The van der Waals surface area contributed by atoms with Gasteiger partial charge in [0.25, 0.3) is 0 Å². The van der Waals surface area contributed by atoms with E-state index in [9.17, 15) is 0 Å². The Balaban J connectivity index is 0.00000169. The third kappa shape index (κ3) is 4.61. The average molecular weight is 216 g/mol. The van der Waals surface area contributed by atoms with Gasteiger partial charge in [-0.2, -0.15) is 0 Å². The van der Waals surface area contributed by atoms with Crippen LogP contribution in [-0.2, 0) is 11.3 Å². The summed E-state index contributed by atoms with van der Waals surface area (Å²) in [5.41, 5.74) is 2.70. The zero-order chi connectivity index (χ0) is 9.52. The molecule has 3 heteroatoms. The molecule has 80 valence electrons. The summed E-state index contributed by atoms with van der Waals surface area (Å²) >= 11 is 0. The van der Waals surface area contributed by atoms with Crippen molar-refractivity contribution in [3.05, 3.63) is 35.4 Å². The number of hydrogen-bond donors (Lipinski definition) is 1. The maximum absolute atomic E-state index is 4.95. The second-order valence-electron chi connectivity index (χ2n) is 3.10. The zero-order valence-corrected chi connectivity index (χ0v) is 9.56. The van der Waals surface area contributed by atoms with Crippen molar-refractivity contribution in [3.8, 4) is 0 Å². The minimum absolute atomic E-state index is 0. The van der Waals surface area contributed by atoms with Gasteiger partial charge in [-0.15, -0.1) is 12.4 Å². The van der Waals surface area contributed by atoms with Gasteiger partial charge in [0, 0.05) is 20.2 Å². The van der Waals surface area contributed by atoms with Crippen molar-refractivity contribution >= 4 is 12.4 Å². The third-order valence-electron chi connectivity index (χ3n) is 2.06. The first-order chi connectivity index (χ1) is 6.34. The van der Waals surface area contributed by atoms with E-state index in [1.165, 1.54) is 11.1 Å². The van der Waals surface area contributed by atoms with Crippen molar-refractivity contribution in [1.29, 1.82) is 0 Å². The Morgan fingerprint density at radius 1 is 1.29 bits per heavy atom. The minimum Gasteiger partial charge on any atom is -0.383 e. The fourth-order valence-electron chi connectivity index (χ4n) is 1.21. The second kappa shape index (κ2) is 7.80. The van der Waals surface area contributed by atoms with E-state index in [2.05, 4.69) is 36.5 Å². The molecule has 0 aliphatic heterocycles. The van der Waals surface area contributed by atoms with Crippen molar-refractivity contribution in [2.24, 2.45) is 0 Å². The van der Waals surface area contributed by atoms with Crippen molar-refractivity contribution < 1.29 is 4.74 Å². The first-order valence-corrected chi connectivity index (χ1v) is 4.58. The number of nitrogens with one attached hydrogen (secondary N) is 1. The maximum atomic E-state index is 4.95. The van der Waals surface area contributed by atoms with Gasteiger partial charge in [0.2, 0.25) is 0 Å². The molecule has 1 rings (SSSR count). The first kappa shape index (κ1) is 13.4. The van der Waals surface area contributed by atoms with Gasteiger partial charge in [-0.05, 0) is 18.1 Å². The van der Waals surface area contributed by atoms with Gasteiger partial charge in [0.15, 0.2) is 0 Å². The lowest BCUT2D eigenvalue weighted by atomic mass is 10.1. The molecule has 0 radical (unpaired) electrons. The average Bonchev–Trinajstić information content (AvgIpc) is 2.15. The van der Waals surface area contributed by atoms with Gasteiger partial charge in [-0.25, -0.2) is 0 Å². The smallest absolute Gasteiger partial charge is 0.0587 e. The first-order valence-electron chi connectivity index (χ1n) is 4.58. The molecular weight excluding hydrogens is 198 g/mol. The number of hydrogen-bond acceptors (Lipinski definition) is 2.